The molecule has 0 aliphatic carbocycles. The van der Waals surface area contributed by atoms with Gasteiger partial charge in [0.2, 0.25) is 11.8 Å². The Bertz CT molecular complexity index is 3010. The largest absolute Gasteiger partial charge is 0.391 e. The molecule has 3 unspecified atom stereocenters. The maximum atomic E-state index is 13.2. The molecule has 2 aromatic carbocycles. The van der Waals surface area contributed by atoms with Gasteiger partial charge in [-0.15, -0.1) is 0 Å². The normalized spacial score (nSPS) is 15.0. The van der Waals surface area contributed by atoms with Crippen LogP contribution in [-0.2, 0) is 27.4 Å². The highest BCUT2D eigenvalue weighted by Crippen LogP contribution is 2.32. The van der Waals surface area contributed by atoms with Crippen molar-refractivity contribution in [3.63, 3.8) is 0 Å². The van der Waals surface area contributed by atoms with Gasteiger partial charge >= 0.3 is 0 Å². The molecule has 0 radical (unpaired) electrons. The number of hydrogen-bond donors (Lipinski definition) is 3. The predicted octanol–water partition coefficient (Wildman–Crippen LogP) is 6.14. The van der Waals surface area contributed by atoms with Gasteiger partial charge in [-0.2, -0.15) is 20.4 Å². The second kappa shape index (κ2) is 21.8. The molecule has 2 saturated heterocycles. The highest BCUT2D eigenvalue weighted by molar-refractivity contribution is 5.85. The number of methoxy groups -OCH3 is 1. The molecule has 10 rings (SSSR count). The van der Waals surface area contributed by atoms with Gasteiger partial charge in [0.15, 0.2) is 11.6 Å². The van der Waals surface area contributed by atoms with E-state index in [4.69, 9.17) is 4.74 Å². The summed E-state index contributed by atoms with van der Waals surface area (Å²) >= 11 is 0. The van der Waals surface area contributed by atoms with Gasteiger partial charge in [0.25, 0.3) is 0 Å². The molecule has 20 heteroatoms. The zero-order valence-corrected chi connectivity index (χ0v) is 40.0. The number of rotatable bonds is 15. The summed E-state index contributed by atoms with van der Waals surface area (Å²) in [4.78, 5) is 38.5. The quantitative estimate of drug-likeness (QED) is 0.107. The zero-order chi connectivity index (χ0) is 49.5. The summed E-state index contributed by atoms with van der Waals surface area (Å²) in [5.74, 6) is 0.656. The van der Waals surface area contributed by atoms with Crippen LogP contribution in [0.5, 0.6) is 0 Å². The summed E-state index contributed by atoms with van der Waals surface area (Å²) in [7, 11) is 1.67. The Morgan fingerprint density at radius 3 is 1.51 bits per heavy atom. The molecule has 8 aromatic rings. The number of nitrogens with zero attached hydrogens (tertiary/aromatic N) is 12. The van der Waals surface area contributed by atoms with Crippen molar-refractivity contribution < 1.29 is 28.2 Å². The molecular weight excluding hydrogens is 899 g/mol. The maximum Gasteiger partial charge on any atom is 0.227 e. The standard InChI is InChI=1S/2C24H26FN7O2.C2H6/c1-15(33)9-31-12-19(8-27-31)18-7-22-23(26-14-28-32(22)13-18)30-10-20(11-30)24(34)29-16(2)17-3-5-21(25)6-4-17;1-16(17-3-5-21(25)6-4-17)29-24(33)20-11-30(12-20)23-22-9-18(14-32(22)28-15-26-23)19-10-27-31(13-19)7-8-34-2;1-2/h3-8,12-16,20,33H,9-11H2,1-2H3,(H,29,34);3-6,9-10,13-16,20H,7-8,11-12H2,1-2H3,(H,29,33);1-2H3. The molecule has 8 heterocycles. The third kappa shape index (κ3) is 11.1. The second-order valence-corrected chi connectivity index (χ2v) is 17.3. The van der Waals surface area contributed by atoms with E-state index in [1.54, 1.807) is 58.2 Å². The summed E-state index contributed by atoms with van der Waals surface area (Å²) in [5, 5.41) is 33.0. The van der Waals surface area contributed by atoms with Gasteiger partial charge in [-0.25, -0.2) is 27.8 Å². The lowest BCUT2D eigenvalue weighted by Crippen LogP contribution is -2.54. The molecule has 2 aliphatic heterocycles. The summed E-state index contributed by atoms with van der Waals surface area (Å²) in [6.45, 7) is 13.5. The van der Waals surface area contributed by atoms with Gasteiger partial charge < -0.3 is 30.3 Å². The van der Waals surface area contributed by atoms with Crippen LogP contribution >= 0.6 is 0 Å². The average Bonchev–Trinajstić information content (AvgIpc) is 4.16. The van der Waals surface area contributed by atoms with Crippen molar-refractivity contribution in [1.29, 1.82) is 0 Å². The van der Waals surface area contributed by atoms with E-state index in [2.05, 4.69) is 50.8 Å². The van der Waals surface area contributed by atoms with E-state index in [0.29, 0.717) is 45.9 Å². The lowest BCUT2D eigenvalue weighted by Gasteiger charge is -2.39. The number of fused-ring (bicyclic) bond motifs is 2. The van der Waals surface area contributed by atoms with Crippen LogP contribution in [0.3, 0.4) is 0 Å². The number of amides is 2. The average molecular weight is 957 g/mol. The Morgan fingerprint density at radius 1 is 0.657 bits per heavy atom. The highest BCUT2D eigenvalue weighted by atomic mass is 19.1. The van der Waals surface area contributed by atoms with Crippen molar-refractivity contribution in [3.05, 3.63) is 133 Å². The van der Waals surface area contributed by atoms with E-state index in [0.717, 1.165) is 56.0 Å². The lowest BCUT2D eigenvalue weighted by molar-refractivity contribution is -0.127. The smallest absolute Gasteiger partial charge is 0.227 e. The topological polar surface area (TPSA) is 190 Å². The number of aliphatic hydroxyl groups is 1. The summed E-state index contributed by atoms with van der Waals surface area (Å²) in [5.41, 5.74) is 7.31. The van der Waals surface area contributed by atoms with E-state index < -0.39 is 6.10 Å². The SMILES string of the molecule is CC.CC(O)Cn1cc(-c2cc3c(N4CC(C(=O)NC(C)c5ccc(F)cc5)C4)ncnn3c2)cn1.COCCn1cc(-c2cc3c(N4CC(C(=O)NC(C)c5ccc(F)cc5)C4)ncnn3c2)cn1. The Morgan fingerprint density at radius 2 is 1.09 bits per heavy atom. The first kappa shape index (κ1) is 48.9. The molecule has 6 aromatic heterocycles. The van der Waals surface area contributed by atoms with Crippen LogP contribution in [0, 0.1) is 23.5 Å². The Hall–Kier alpha value is -7.58. The molecule has 0 bridgehead atoms. The van der Waals surface area contributed by atoms with Gasteiger partial charge in [0.05, 0.1) is 62.1 Å². The Labute approximate surface area is 403 Å². The van der Waals surface area contributed by atoms with Gasteiger partial charge in [-0.1, -0.05) is 38.1 Å². The molecule has 3 atom stereocenters. The first-order valence-electron chi connectivity index (χ1n) is 23.4. The monoisotopic (exact) mass is 956 g/mol. The maximum absolute atomic E-state index is 13.2. The summed E-state index contributed by atoms with van der Waals surface area (Å²) < 4.78 is 38.5. The van der Waals surface area contributed by atoms with E-state index in [1.165, 1.54) is 36.9 Å². The minimum absolute atomic E-state index is 0.0160. The third-order valence-corrected chi connectivity index (χ3v) is 12.2. The minimum Gasteiger partial charge on any atom is -0.391 e. The first-order valence-corrected chi connectivity index (χ1v) is 23.4. The summed E-state index contributed by atoms with van der Waals surface area (Å²) in [6, 6.07) is 16.0. The Balaban J connectivity index is 0.000000182. The van der Waals surface area contributed by atoms with E-state index in [-0.39, 0.29) is 47.4 Å². The molecule has 0 spiro atoms. The predicted molar refractivity (Wildman–Crippen MR) is 261 cm³/mol. The molecular formula is C50H58F2N14O4. The fourth-order valence-electron chi connectivity index (χ4n) is 8.31. The highest BCUT2D eigenvalue weighted by Gasteiger charge is 2.36. The van der Waals surface area contributed by atoms with Crippen LogP contribution in [0.2, 0.25) is 0 Å². The zero-order valence-electron chi connectivity index (χ0n) is 40.0. The van der Waals surface area contributed by atoms with Crippen LogP contribution in [-0.4, -0.2) is 112 Å². The molecule has 2 aliphatic rings. The van der Waals surface area contributed by atoms with Gasteiger partial charge in [0.1, 0.15) is 35.3 Å². The van der Waals surface area contributed by atoms with Crippen LogP contribution in [0.15, 0.2) is 110 Å². The molecule has 3 N–H and O–H groups in total. The number of halogens is 2. The minimum atomic E-state index is -0.478. The molecule has 18 nitrogen and oxygen atoms in total. The van der Waals surface area contributed by atoms with Crippen LogP contribution < -0.4 is 20.4 Å². The van der Waals surface area contributed by atoms with E-state index in [1.807, 2.05) is 75.5 Å². The molecule has 2 fully saturated rings. The van der Waals surface area contributed by atoms with Crippen molar-refractivity contribution in [3.8, 4) is 22.3 Å². The molecule has 366 valence electrons. The van der Waals surface area contributed by atoms with Crippen molar-refractivity contribution in [1.82, 2.24) is 59.4 Å². The number of nitrogens with one attached hydrogen (secondary N) is 2. The van der Waals surface area contributed by atoms with Crippen LogP contribution in [0.1, 0.15) is 57.8 Å². The second-order valence-electron chi connectivity index (χ2n) is 17.3. The van der Waals surface area contributed by atoms with Gasteiger partial charge in [0, 0.05) is 80.3 Å². The van der Waals surface area contributed by atoms with Crippen molar-refractivity contribution >= 4 is 34.5 Å². The van der Waals surface area contributed by atoms with E-state index in [9.17, 15) is 23.5 Å². The van der Waals surface area contributed by atoms with Crippen molar-refractivity contribution in [2.45, 2.75) is 65.9 Å². The fourth-order valence-corrected chi connectivity index (χ4v) is 8.31. The summed E-state index contributed by atoms with van der Waals surface area (Å²) in [6.07, 6.45) is 13.9. The number of hydrogen-bond acceptors (Lipinski definition) is 12. The molecule has 2 amide bonds. The number of ether oxygens (including phenoxy) is 1. The van der Waals surface area contributed by atoms with Gasteiger partial charge in [-0.05, 0) is 68.3 Å². The number of benzene rings is 2. The van der Waals surface area contributed by atoms with Crippen molar-refractivity contribution in [2.75, 3.05) is 49.7 Å². The lowest BCUT2D eigenvalue weighted by atomic mass is 9.98. The molecule has 0 saturated carbocycles. The number of carbonyl (C=O) groups is 2. The number of aromatic nitrogens is 10. The Kier molecular flexibility index (Phi) is 15.2. The fraction of sp³-hybridized carbons (Fsp3) is 0.360. The van der Waals surface area contributed by atoms with Gasteiger partial charge in [-0.3, -0.25) is 19.0 Å². The third-order valence-electron chi connectivity index (χ3n) is 12.2. The van der Waals surface area contributed by atoms with Crippen LogP contribution in [0.25, 0.3) is 33.3 Å². The molecule has 70 heavy (non-hydrogen) atoms. The number of aliphatic hydroxyl groups excluding tert-OH is 1. The number of carbonyl (C=O) groups excluding carboxylic acids is 2. The van der Waals surface area contributed by atoms with Crippen LogP contribution in [0.4, 0.5) is 20.4 Å². The van der Waals surface area contributed by atoms with E-state index >= 15 is 0 Å². The van der Waals surface area contributed by atoms with Crippen molar-refractivity contribution in [2.24, 2.45) is 11.8 Å². The number of anilines is 2. The first-order chi connectivity index (χ1) is 33.9.